The number of amides is 1. The predicted molar refractivity (Wildman–Crippen MR) is 115 cm³/mol. The fourth-order valence-electron chi connectivity index (χ4n) is 3.03. The van der Waals surface area contributed by atoms with Crippen LogP contribution >= 0.6 is 0 Å². The van der Waals surface area contributed by atoms with Gasteiger partial charge >= 0.3 is 0 Å². The van der Waals surface area contributed by atoms with Crippen molar-refractivity contribution >= 4 is 23.0 Å². The smallest absolute Gasteiger partial charge is 0.246 e. The number of morpholine rings is 1. The van der Waals surface area contributed by atoms with E-state index in [9.17, 15) is 4.79 Å². The number of hydrogen-bond acceptors (Lipinski definition) is 6. The third-order valence-corrected chi connectivity index (χ3v) is 4.70. The zero-order chi connectivity index (χ0) is 20.5. The number of carbonyl (C=O) groups is 1. The molecule has 1 unspecified atom stereocenters. The van der Waals surface area contributed by atoms with Crippen molar-refractivity contribution in [3.8, 4) is 5.75 Å². The highest BCUT2D eigenvalue weighted by Gasteiger charge is 2.14. The lowest BCUT2D eigenvalue weighted by Crippen LogP contribution is -2.36. The van der Waals surface area contributed by atoms with Gasteiger partial charge in [-0.2, -0.15) is 0 Å². The molecule has 1 aliphatic heterocycles. The van der Waals surface area contributed by atoms with Gasteiger partial charge in [0.1, 0.15) is 18.4 Å². The summed E-state index contributed by atoms with van der Waals surface area (Å²) in [6.45, 7) is 6.17. The van der Waals surface area contributed by atoms with Crippen LogP contribution in [0.5, 0.6) is 5.75 Å². The second kappa shape index (κ2) is 10.7. The van der Waals surface area contributed by atoms with Crippen LogP contribution in [0.15, 0.2) is 48.5 Å². The van der Waals surface area contributed by atoms with Crippen molar-refractivity contribution in [2.24, 2.45) is 0 Å². The molecule has 2 aromatic rings. The van der Waals surface area contributed by atoms with Gasteiger partial charge in [0.25, 0.3) is 0 Å². The van der Waals surface area contributed by atoms with E-state index in [1.165, 1.54) is 0 Å². The van der Waals surface area contributed by atoms with E-state index in [4.69, 9.17) is 14.2 Å². The van der Waals surface area contributed by atoms with E-state index >= 15 is 0 Å². The number of benzene rings is 2. The van der Waals surface area contributed by atoms with Gasteiger partial charge in [0.2, 0.25) is 5.91 Å². The second-order valence-electron chi connectivity index (χ2n) is 6.87. The van der Waals surface area contributed by atoms with Crippen LogP contribution in [0.3, 0.4) is 0 Å². The third-order valence-electron chi connectivity index (χ3n) is 4.70. The molecular weight excluding hydrogens is 370 g/mol. The number of anilines is 3. The largest absolute Gasteiger partial charge is 0.491 e. The summed E-state index contributed by atoms with van der Waals surface area (Å²) in [5, 5.41) is 6.16. The van der Waals surface area contributed by atoms with Crippen molar-refractivity contribution in [3.05, 3.63) is 48.5 Å². The molecule has 7 nitrogen and oxygen atoms in total. The van der Waals surface area contributed by atoms with Crippen LogP contribution in [-0.2, 0) is 14.3 Å². The molecule has 0 bridgehead atoms. The van der Waals surface area contributed by atoms with E-state index in [1.807, 2.05) is 55.5 Å². The Balaban J connectivity index is 1.48. The van der Waals surface area contributed by atoms with Crippen LogP contribution in [0.2, 0.25) is 0 Å². The molecule has 0 spiro atoms. The van der Waals surface area contributed by atoms with Gasteiger partial charge in [-0.15, -0.1) is 0 Å². The molecule has 2 N–H and O–H groups in total. The highest BCUT2D eigenvalue weighted by atomic mass is 16.5. The van der Waals surface area contributed by atoms with Gasteiger partial charge in [-0.1, -0.05) is 0 Å². The van der Waals surface area contributed by atoms with Crippen LogP contribution in [0.25, 0.3) is 0 Å². The number of nitrogens with zero attached hydrogens (tertiary/aromatic N) is 1. The maximum absolute atomic E-state index is 12.5. The minimum atomic E-state index is -0.380. The number of rotatable bonds is 9. The molecule has 7 heteroatoms. The molecule has 0 saturated carbocycles. The van der Waals surface area contributed by atoms with Crippen LogP contribution in [0.1, 0.15) is 6.92 Å². The zero-order valence-corrected chi connectivity index (χ0v) is 17.0. The van der Waals surface area contributed by atoms with Crippen molar-refractivity contribution in [1.82, 2.24) is 0 Å². The van der Waals surface area contributed by atoms with Gasteiger partial charge in [-0.05, 0) is 55.5 Å². The lowest BCUT2D eigenvalue weighted by molar-refractivity contribution is -0.116. The van der Waals surface area contributed by atoms with Gasteiger partial charge in [0.05, 0.1) is 19.8 Å². The molecule has 0 radical (unpaired) electrons. The Morgan fingerprint density at radius 2 is 1.69 bits per heavy atom. The van der Waals surface area contributed by atoms with Gasteiger partial charge in [0.15, 0.2) is 0 Å². The van der Waals surface area contributed by atoms with Crippen LogP contribution in [0, 0.1) is 0 Å². The third kappa shape index (κ3) is 6.37. The van der Waals surface area contributed by atoms with E-state index < -0.39 is 0 Å². The molecule has 0 aliphatic carbocycles. The summed E-state index contributed by atoms with van der Waals surface area (Å²) in [4.78, 5) is 14.8. The molecule has 1 aliphatic rings. The summed E-state index contributed by atoms with van der Waals surface area (Å²) >= 11 is 0. The fourth-order valence-corrected chi connectivity index (χ4v) is 3.03. The summed E-state index contributed by atoms with van der Waals surface area (Å²) in [5.74, 6) is 0.676. The Morgan fingerprint density at radius 3 is 2.34 bits per heavy atom. The summed E-state index contributed by atoms with van der Waals surface area (Å²) in [6.07, 6.45) is 0. The van der Waals surface area contributed by atoms with Crippen molar-refractivity contribution < 1.29 is 19.0 Å². The molecule has 1 amide bonds. The van der Waals surface area contributed by atoms with Crippen molar-refractivity contribution in [2.75, 3.05) is 62.2 Å². The first-order chi connectivity index (χ1) is 14.2. The number of nitrogens with one attached hydrogen (secondary N) is 2. The molecule has 1 fully saturated rings. The van der Waals surface area contributed by atoms with E-state index in [1.54, 1.807) is 7.11 Å². The average molecular weight is 399 g/mol. The Kier molecular flexibility index (Phi) is 7.72. The van der Waals surface area contributed by atoms with Gasteiger partial charge in [0, 0.05) is 37.3 Å². The Morgan fingerprint density at radius 1 is 1.03 bits per heavy atom. The highest BCUT2D eigenvalue weighted by molar-refractivity contribution is 5.96. The average Bonchev–Trinajstić information content (AvgIpc) is 2.76. The molecule has 2 aromatic carbocycles. The van der Waals surface area contributed by atoms with Crippen molar-refractivity contribution in [2.45, 2.75) is 13.0 Å². The summed E-state index contributed by atoms with van der Waals surface area (Å²) in [5.41, 5.74) is 2.78. The lowest BCUT2D eigenvalue weighted by atomic mass is 10.2. The molecule has 1 heterocycles. The van der Waals surface area contributed by atoms with Crippen LogP contribution in [-0.4, -0.2) is 58.6 Å². The van der Waals surface area contributed by atoms with Gasteiger partial charge in [-0.25, -0.2) is 0 Å². The molecule has 1 atom stereocenters. The van der Waals surface area contributed by atoms with Crippen molar-refractivity contribution in [3.63, 3.8) is 0 Å². The number of hydrogen-bond donors (Lipinski definition) is 2. The second-order valence-corrected chi connectivity index (χ2v) is 6.87. The monoisotopic (exact) mass is 399 g/mol. The minimum Gasteiger partial charge on any atom is -0.491 e. The van der Waals surface area contributed by atoms with Crippen LogP contribution < -0.4 is 20.3 Å². The molecule has 29 heavy (non-hydrogen) atoms. The van der Waals surface area contributed by atoms with Gasteiger partial charge in [-0.3, -0.25) is 4.79 Å². The summed E-state index contributed by atoms with van der Waals surface area (Å²) in [7, 11) is 1.64. The topological polar surface area (TPSA) is 72.1 Å². The number of ether oxygens (including phenoxy) is 3. The minimum absolute atomic E-state index is 0.0930. The number of carbonyl (C=O) groups excluding carboxylic acids is 1. The quantitative estimate of drug-likeness (QED) is 0.632. The highest BCUT2D eigenvalue weighted by Crippen LogP contribution is 2.20. The molecule has 156 valence electrons. The predicted octanol–water partition coefficient (Wildman–Crippen LogP) is 2.99. The molecule has 3 rings (SSSR count). The standard InChI is InChI=1S/C22H29N3O4/c1-17(23-18-5-9-21(10-6-18)29-16-15-27-2)22(26)24-19-3-7-20(8-4-19)25-11-13-28-14-12-25/h3-10,17,23H,11-16H2,1-2H3,(H,24,26). The van der Waals surface area contributed by atoms with E-state index in [0.29, 0.717) is 13.2 Å². The van der Waals surface area contributed by atoms with Crippen molar-refractivity contribution in [1.29, 1.82) is 0 Å². The first kappa shape index (κ1) is 21.0. The molecular formula is C22H29N3O4. The normalized spacial score (nSPS) is 14.9. The van der Waals surface area contributed by atoms with Gasteiger partial charge < -0.3 is 29.7 Å². The maximum Gasteiger partial charge on any atom is 0.246 e. The Hall–Kier alpha value is -2.77. The SMILES string of the molecule is COCCOc1ccc(NC(C)C(=O)Nc2ccc(N3CCOCC3)cc2)cc1. The maximum atomic E-state index is 12.5. The summed E-state index contributed by atoms with van der Waals surface area (Å²) in [6, 6.07) is 15.1. The Labute approximate surface area is 171 Å². The first-order valence-corrected chi connectivity index (χ1v) is 9.87. The fraction of sp³-hybridized carbons (Fsp3) is 0.409. The first-order valence-electron chi connectivity index (χ1n) is 9.87. The lowest BCUT2D eigenvalue weighted by Gasteiger charge is -2.29. The van der Waals surface area contributed by atoms with E-state index in [2.05, 4.69) is 15.5 Å². The molecule has 0 aromatic heterocycles. The van der Waals surface area contributed by atoms with Crippen LogP contribution in [0.4, 0.5) is 17.1 Å². The zero-order valence-electron chi connectivity index (χ0n) is 17.0. The molecule has 1 saturated heterocycles. The van der Waals surface area contributed by atoms with E-state index in [0.717, 1.165) is 49.1 Å². The summed E-state index contributed by atoms with van der Waals surface area (Å²) < 4.78 is 15.9. The van der Waals surface area contributed by atoms with E-state index in [-0.39, 0.29) is 11.9 Å². The Bertz CT molecular complexity index is 759. The number of methoxy groups -OCH3 is 1.